The number of piperidine rings is 1. The molecule has 26 heavy (non-hydrogen) atoms. The molecule has 1 N–H and O–H groups in total. The fourth-order valence-electron chi connectivity index (χ4n) is 4.62. The number of H-pyrrole nitrogens is 1. The van der Waals surface area contributed by atoms with Crippen LogP contribution in [0, 0.1) is 4.77 Å². The summed E-state index contributed by atoms with van der Waals surface area (Å²) in [5.41, 5.74) is 3.58. The smallest absolute Gasteiger partial charge is 0.254 e. The average molecular weight is 369 g/mol. The molecule has 2 fully saturated rings. The Morgan fingerprint density at radius 1 is 1.15 bits per heavy atom. The Morgan fingerprint density at radius 2 is 1.96 bits per heavy atom. The van der Waals surface area contributed by atoms with Crippen LogP contribution < -0.4 is 0 Å². The Labute approximate surface area is 158 Å². The summed E-state index contributed by atoms with van der Waals surface area (Å²) in [6.45, 7) is 1.61. The zero-order valence-electron chi connectivity index (χ0n) is 14.9. The van der Waals surface area contributed by atoms with Crippen molar-refractivity contribution in [3.8, 4) is 0 Å². The van der Waals surface area contributed by atoms with E-state index in [2.05, 4.69) is 20.8 Å². The van der Waals surface area contributed by atoms with Crippen molar-refractivity contribution >= 4 is 18.1 Å². The molecular formula is C20H24N4OS. The number of fused-ring (bicyclic) bond motifs is 1. The number of amides is 1. The van der Waals surface area contributed by atoms with Crippen molar-refractivity contribution in [3.05, 3.63) is 45.5 Å². The highest BCUT2D eigenvalue weighted by Gasteiger charge is 2.33. The van der Waals surface area contributed by atoms with Crippen molar-refractivity contribution in [2.24, 2.45) is 0 Å². The third kappa shape index (κ3) is 2.71. The van der Waals surface area contributed by atoms with Gasteiger partial charge in [-0.1, -0.05) is 12.1 Å². The normalized spacial score (nSPS) is 20.4. The molecule has 1 aliphatic heterocycles. The van der Waals surface area contributed by atoms with Crippen molar-refractivity contribution in [2.45, 2.75) is 56.9 Å². The minimum absolute atomic E-state index is 0.211. The number of aromatic amines is 1. The Bertz CT molecular complexity index is 903. The van der Waals surface area contributed by atoms with E-state index in [-0.39, 0.29) is 5.91 Å². The number of hydrogen-bond acceptors (Lipinski definition) is 3. The lowest BCUT2D eigenvalue weighted by atomic mass is 9.94. The van der Waals surface area contributed by atoms with E-state index in [4.69, 9.17) is 12.2 Å². The predicted octanol–water partition coefficient (Wildman–Crippen LogP) is 3.78. The summed E-state index contributed by atoms with van der Waals surface area (Å²) < 4.78 is 2.97. The van der Waals surface area contributed by atoms with E-state index < -0.39 is 0 Å². The number of rotatable bonds is 3. The molecule has 1 aromatic carbocycles. The van der Waals surface area contributed by atoms with Gasteiger partial charge in [0, 0.05) is 30.6 Å². The van der Waals surface area contributed by atoms with Gasteiger partial charge in [0.1, 0.15) is 5.82 Å². The molecule has 6 heteroatoms. The zero-order valence-corrected chi connectivity index (χ0v) is 15.7. The average Bonchev–Trinajstić information content (AvgIpc) is 3.25. The fourth-order valence-corrected chi connectivity index (χ4v) is 4.91. The van der Waals surface area contributed by atoms with Gasteiger partial charge in [-0.25, -0.2) is 0 Å². The number of aryl methyl sites for hydroxylation is 1. The highest BCUT2D eigenvalue weighted by Crippen LogP contribution is 2.39. The minimum Gasteiger partial charge on any atom is -0.339 e. The van der Waals surface area contributed by atoms with Crippen LogP contribution in [-0.2, 0) is 12.8 Å². The van der Waals surface area contributed by atoms with Crippen LogP contribution in [0.15, 0.2) is 18.2 Å². The number of benzene rings is 1. The van der Waals surface area contributed by atoms with E-state index >= 15 is 0 Å². The van der Waals surface area contributed by atoms with E-state index in [0.717, 1.165) is 54.9 Å². The Hall–Kier alpha value is -1.95. The Balaban J connectivity index is 1.31. The van der Waals surface area contributed by atoms with Crippen LogP contribution >= 0.6 is 12.2 Å². The lowest BCUT2D eigenvalue weighted by Crippen LogP contribution is -2.38. The molecule has 0 spiro atoms. The number of likely N-dealkylation sites (tertiary alicyclic amines) is 1. The molecular weight excluding hydrogens is 344 g/mol. The molecule has 3 aliphatic rings. The first-order chi connectivity index (χ1) is 12.7. The van der Waals surface area contributed by atoms with E-state index in [9.17, 15) is 4.79 Å². The van der Waals surface area contributed by atoms with Crippen LogP contribution in [-0.4, -0.2) is 38.7 Å². The Kier molecular flexibility index (Phi) is 3.96. The summed E-state index contributed by atoms with van der Waals surface area (Å²) in [7, 11) is 0. The Morgan fingerprint density at radius 3 is 2.73 bits per heavy atom. The summed E-state index contributed by atoms with van der Waals surface area (Å²) in [6.07, 6.45) is 7.67. The number of aromatic nitrogens is 3. The second kappa shape index (κ2) is 6.34. The van der Waals surface area contributed by atoms with Gasteiger partial charge < -0.3 is 9.47 Å². The SMILES string of the molecule is O=C(c1cccc2c1CCC2)N1CCC(c2n[nH]c(=S)n2C2CC2)CC1. The molecule has 2 aromatic rings. The molecule has 0 bridgehead atoms. The number of carbonyl (C=O) groups excluding carboxylic acids is 1. The maximum absolute atomic E-state index is 13.1. The lowest BCUT2D eigenvalue weighted by Gasteiger charge is -2.32. The molecule has 1 saturated carbocycles. The summed E-state index contributed by atoms with van der Waals surface area (Å²) >= 11 is 5.41. The van der Waals surface area contributed by atoms with E-state index in [1.54, 1.807) is 0 Å². The predicted molar refractivity (Wildman–Crippen MR) is 102 cm³/mol. The van der Waals surface area contributed by atoms with Gasteiger partial charge in [0.25, 0.3) is 5.91 Å². The highest BCUT2D eigenvalue weighted by molar-refractivity contribution is 7.71. The molecule has 0 atom stereocenters. The summed E-state index contributed by atoms with van der Waals surface area (Å²) in [6, 6.07) is 6.77. The first-order valence-corrected chi connectivity index (χ1v) is 10.2. The van der Waals surface area contributed by atoms with Gasteiger partial charge in [0.05, 0.1) is 0 Å². The second-order valence-corrected chi connectivity index (χ2v) is 8.24. The van der Waals surface area contributed by atoms with Gasteiger partial charge in [0.2, 0.25) is 0 Å². The quantitative estimate of drug-likeness (QED) is 0.839. The van der Waals surface area contributed by atoms with Crippen molar-refractivity contribution in [3.63, 3.8) is 0 Å². The lowest BCUT2D eigenvalue weighted by molar-refractivity contribution is 0.0709. The van der Waals surface area contributed by atoms with Crippen LogP contribution in [0.4, 0.5) is 0 Å². The van der Waals surface area contributed by atoms with Gasteiger partial charge in [-0.05, 0) is 74.4 Å². The first-order valence-electron chi connectivity index (χ1n) is 9.79. The van der Waals surface area contributed by atoms with Gasteiger partial charge in [0.15, 0.2) is 4.77 Å². The maximum Gasteiger partial charge on any atom is 0.254 e. The molecule has 1 aromatic heterocycles. The molecule has 5 rings (SSSR count). The van der Waals surface area contributed by atoms with Crippen molar-refractivity contribution < 1.29 is 4.79 Å². The van der Waals surface area contributed by atoms with Crippen LogP contribution in [0.2, 0.25) is 0 Å². The first kappa shape index (κ1) is 16.2. The monoisotopic (exact) mass is 368 g/mol. The topological polar surface area (TPSA) is 53.9 Å². The number of hydrogen-bond donors (Lipinski definition) is 1. The van der Waals surface area contributed by atoms with E-state index in [1.165, 1.54) is 30.4 Å². The molecule has 5 nitrogen and oxygen atoms in total. The van der Waals surface area contributed by atoms with Crippen LogP contribution in [0.3, 0.4) is 0 Å². The van der Waals surface area contributed by atoms with Crippen LogP contribution in [0.25, 0.3) is 0 Å². The van der Waals surface area contributed by atoms with Crippen molar-refractivity contribution in [1.82, 2.24) is 19.7 Å². The number of nitrogens with one attached hydrogen (secondary N) is 1. The highest BCUT2D eigenvalue weighted by atomic mass is 32.1. The van der Waals surface area contributed by atoms with Crippen molar-refractivity contribution in [2.75, 3.05) is 13.1 Å². The zero-order chi connectivity index (χ0) is 17.7. The van der Waals surface area contributed by atoms with Crippen LogP contribution in [0.5, 0.6) is 0 Å². The van der Waals surface area contributed by atoms with Crippen molar-refractivity contribution in [1.29, 1.82) is 0 Å². The molecule has 0 unspecified atom stereocenters. The van der Waals surface area contributed by atoms with Gasteiger partial charge in [-0.2, -0.15) is 5.10 Å². The molecule has 1 saturated heterocycles. The largest absolute Gasteiger partial charge is 0.339 e. The van der Waals surface area contributed by atoms with Gasteiger partial charge >= 0.3 is 0 Å². The van der Waals surface area contributed by atoms with E-state index in [0.29, 0.717) is 12.0 Å². The van der Waals surface area contributed by atoms with E-state index in [1.807, 2.05) is 17.0 Å². The summed E-state index contributed by atoms with van der Waals surface area (Å²) in [5, 5.41) is 7.50. The maximum atomic E-state index is 13.1. The summed E-state index contributed by atoms with van der Waals surface area (Å²) in [4.78, 5) is 15.1. The molecule has 1 amide bonds. The standard InChI is InChI=1S/C20H24N4OS/c25-19(17-6-2-4-13-3-1-5-16(13)17)23-11-9-14(10-12-23)18-21-22-20(26)24(18)15-7-8-15/h2,4,6,14-15H,1,3,5,7-12H2,(H,22,26). The summed E-state index contributed by atoms with van der Waals surface area (Å²) in [5.74, 6) is 1.71. The van der Waals surface area contributed by atoms with Gasteiger partial charge in [-0.15, -0.1) is 0 Å². The minimum atomic E-state index is 0.211. The number of nitrogens with zero attached hydrogens (tertiary/aromatic N) is 3. The van der Waals surface area contributed by atoms with Gasteiger partial charge in [-0.3, -0.25) is 9.89 Å². The number of carbonyl (C=O) groups is 1. The fraction of sp³-hybridized carbons (Fsp3) is 0.550. The van der Waals surface area contributed by atoms with Crippen LogP contribution in [0.1, 0.15) is 71.4 Å². The molecule has 2 aliphatic carbocycles. The second-order valence-electron chi connectivity index (χ2n) is 7.85. The molecule has 2 heterocycles. The third-order valence-electron chi connectivity index (χ3n) is 6.17. The molecule has 0 radical (unpaired) electrons. The third-order valence-corrected chi connectivity index (χ3v) is 6.46. The molecule has 136 valence electrons.